The van der Waals surface area contributed by atoms with Crippen molar-refractivity contribution in [2.75, 3.05) is 59.5 Å². The van der Waals surface area contributed by atoms with Gasteiger partial charge in [0.05, 0.1) is 31.9 Å². The molecule has 2 amide bonds. The summed E-state index contributed by atoms with van der Waals surface area (Å²) in [7, 11) is 0. The molecule has 52 heavy (non-hydrogen) atoms. The number of carbonyl (C=O) groups excluding carboxylic acids is 5. The smallest absolute Gasteiger partial charge is 0.222 e. The molecule has 0 aromatic rings. The van der Waals surface area contributed by atoms with Crippen LogP contribution in [0.4, 0.5) is 0 Å². The number of carbonyl (C=O) groups is 5. The van der Waals surface area contributed by atoms with Gasteiger partial charge in [-0.3, -0.25) is 24.0 Å². The molecule has 0 bridgehead atoms. The first kappa shape index (κ1) is 52.5. The summed E-state index contributed by atoms with van der Waals surface area (Å²) in [5.74, 6) is -1.28. The van der Waals surface area contributed by atoms with Gasteiger partial charge in [0.15, 0.2) is 11.6 Å². The Morgan fingerprint density at radius 1 is 0.577 bits per heavy atom. The molecule has 3 atom stereocenters. The molecule has 2 N–H and O–H groups in total. The van der Waals surface area contributed by atoms with Gasteiger partial charge in [-0.05, 0) is 63.5 Å². The van der Waals surface area contributed by atoms with Crippen LogP contribution >= 0.6 is 6.49 Å². The van der Waals surface area contributed by atoms with Gasteiger partial charge in [0.1, 0.15) is 5.78 Å². The van der Waals surface area contributed by atoms with E-state index in [1.165, 1.54) is 0 Å². The summed E-state index contributed by atoms with van der Waals surface area (Å²) < 4.78 is 27.1. The van der Waals surface area contributed by atoms with Crippen LogP contribution in [-0.2, 0) is 59.3 Å². The number of hydrogen-bond donors (Lipinski definition) is 2. The number of ketones is 3. The Bertz CT molecular complexity index is 1030. The zero-order valence-electron chi connectivity index (χ0n) is 31.8. The summed E-state index contributed by atoms with van der Waals surface area (Å²) >= 11 is 4.97. The fourth-order valence-corrected chi connectivity index (χ4v) is 5.51. The lowest BCUT2D eigenvalue weighted by atomic mass is 9.99. The Kier molecular flexibility index (Phi) is 34.2. The molecule has 0 spiro atoms. The van der Waals surface area contributed by atoms with Gasteiger partial charge < -0.3 is 39.0 Å². The van der Waals surface area contributed by atoms with Crippen LogP contribution in [0.25, 0.3) is 0 Å². The maximum Gasteiger partial charge on any atom is 0.222 e. The first-order valence-corrected chi connectivity index (χ1v) is 21.5. The minimum absolute atomic E-state index is 0. The van der Waals surface area contributed by atoms with E-state index in [4.69, 9.17) is 35.3 Å². The summed E-state index contributed by atoms with van der Waals surface area (Å²) in [5.41, 5.74) is -0.287. The number of rotatable bonds is 36. The van der Waals surface area contributed by atoms with E-state index in [9.17, 15) is 28.9 Å². The van der Waals surface area contributed by atoms with Crippen LogP contribution in [0, 0.1) is 0 Å². The molecule has 0 aromatic carbocycles. The largest absolute Gasteiger partial charge is 0.800 e. The predicted octanol–water partition coefficient (Wildman–Crippen LogP) is 4.98. The fraction of sp³-hybridized carbons (Fsp3) is 0.865. The summed E-state index contributed by atoms with van der Waals surface area (Å²) in [6, 6.07) is -1.77. The van der Waals surface area contributed by atoms with Gasteiger partial charge >= 0.3 is 0 Å². The molecule has 0 saturated carbocycles. The third kappa shape index (κ3) is 28.8. The monoisotopic (exact) mass is 781 g/mol. The Morgan fingerprint density at radius 3 is 1.46 bits per heavy atom. The van der Waals surface area contributed by atoms with E-state index in [1.807, 2.05) is 20.8 Å². The van der Waals surface area contributed by atoms with Crippen LogP contribution in [-0.4, -0.2) is 106 Å². The molecule has 0 aliphatic carbocycles. The van der Waals surface area contributed by atoms with E-state index >= 15 is 0 Å². The normalized spacial score (nSPS) is 13.5. The Morgan fingerprint density at radius 2 is 1.00 bits per heavy atom. The fourth-order valence-electron chi connectivity index (χ4n) is 4.66. The number of Topliss-reactive ketones (excluding diaryl/α,β-unsaturated/α-hetero) is 3. The summed E-state index contributed by atoms with van der Waals surface area (Å²) in [6.07, 6.45) is 5.12. The average molecular weight is 782 g/mol. The minimum Gasteiger partial charge on any atom is -0.800 e. The highest BCUT2D eigenvalue weighted by Gasteiger charge is 2.25. The van der Waals surface area contributed by atoms with Gasteiger partial charge in [0.25, 0.3) is 0 Å². The third-order valence-corrected chi connectivity index (χ3v) is 11.0. The van der Waals surface area contributed by atoms with Crippen LogP contribution in [0.1, 0.15) is 132 Å². The SMILES string of the molecule is C.CCCOCCCC(=O)CCC(NC(=O)CCC(NC(=O)CCOCCOP([O-])(=S)C(C)C)C(=O)CCCOCCC)C(=O)CCCOCCC. The maximum absolute atomic E-state index is 13.1. The Labute approximate surface area is 318 Å². The molecule has 0 aliphatic rings. The van der Waals surface area contributed by atoms with Crippen molar-refractivity contribution in [3.05, 3.63) is 0 Å². The summed E-state index contributed by atoms with van der Waals surface area (Å²) in [6.45, 7) is 9.67. The highest BCUT2D eigenvalue weighted by Crippen LogP contribution is 2.42. The lowest BCUT2D eigenvalue weighted by Crippen LogP contribution is -2.44. The zero-order chi connectivity index (χ0) is 38.3. The van der Waals surface area contributed by atoms with Crippen LogP contribution in [0.3, 0.4) is 0 Å². The Hall–Kier alpha value is -1.64. The van der Waals surface area contributed by atoms with Crippen LogP contribution in [0.5, 0.6) is 0 Å². The summed E-state index contributed by atoms with van der Waals surface area (Å²) in [4.78, 5) is 76.8. The van der Waals surface area contributed by atoms with Gasteiger partial charge in [-0.25, -0.2) is 0 Å². The second-order valence-electron chi connectivity index (χ2n) is 12.8. The minimum atomic E-state index is -3.13. The van der Waals surface area contributed by atoms with Crippen molar-refractivity contribution in [2.24, 2.45) is 0 Å². The first-order chi connectivity index (χ1) is 24.4. The van der Waals surface area contributed by atoms with Crippen LogP contribution in [0.2, 0.25) is 0 Å². The molecular formula is C37H70N2O11PS-. The van der Waals surface area contributed by atoms with Crippen molar-refractivity contribution in [1.29, 1.82) is 0 Å². The van der Waals surface area contributed by atoms with Crippen molar-refractivity contribution in [3.63, 3.8) is 0 Å². The van der Waals surface area contributed by atoms with Crippen molar-refractivity contribution < 1.29 is 52.3 Å². The van der Waals surface area contributed by atoms with E-state index in [-0.39, 0.29) is 95.2 Å². The third-order valence-electron chi connectivity index (χ3n) is 7.64. The molecule has 0 radical (unpaired) electrons. The van der Waals surface area contributed by atoms with Crippen molar-refractivity contribution in [2.45, 2.75) is 150 Å². The van der Waals surface area contributed by atoms with Crippen LogP contribution < -0.4 is 15.5 Å². The lowest BCUT2D eigenvalue weighted by Gasteiger charge is -2.31. The lowest BCUT2D eigenvalue weighted by molar-refractivity contribution is -0.185. The molecule has 15 heteroatoms. The Balaban J connectivity index is 0. The molecule has 0 aromatic heterocycles. The average Bonchev–Trinajstić information content (AvgIpc) is 3.09. The van der Waals surface area contributed by atoms with Crippen LogP contribution in [0.15, 0.2) is 0 Å². The van der Waals surface area contributed by atoms with Crippen molar-refractivity contribution >= 4 is 47.5 Å². The maximum atomic E-state index is 13.1. The highest BCUT2D eigenvalue weighted by atomic mass is 32.5. The van der Waals surface area contributed by atoms with Gasteiger partial charge in [-0.2, -0.15) is 0 Å². The topological polar surface area (TPSA) is 179 Å². The first-order valence-electron chi connectivity index (χ1n) is 18.8. The zero-order valence-corrected chi connectivity index (χ0v) is 33.6. The van der Waals surface area contributed by atoms with Gasteiger partial charge in [0.2, 0.25) is 11.8 Å². The predicted molar refractivity (Wildman–Crippen MR) is 206 cm³/mol. The number of amides is 2. The van der Waals surface area contributed by atoms with Gasteiger partial charge in [-0.15, -0.1) is 0 Å². The molecule has 3 unspecified atom stereocenters. The van der Waals surface area contributed by atoms with E-state index in [1.54, 1.807) is 13.8 Å². The molecule has 13 nitrogen and oxygen atoms in total. The molecule has 0 rings (SSSR count). The summed E-state index contributed by atoms with van der Waals surface area (Å²) in [5, 5.41) is 5.51. The van der Waals surface area contributed by atoms with Crippen molar-refractivity contribution in [1.82, 2.24) is 10.6 Å². The molecule has 0 fully saturated rings. The molecule has 306 valence electrons. The molecule has 0 saturated heterocycles. The quantitative estimate of drug-likeness (QED) is 0.0645. The number of ether oxygens (including phenoxy) is 4. The molecular weight excluding hydrogens is 711 g/mol. The van der Waals surface area contributed by atoms with E-state index in [0.29, 0.717) is 65.3 Å². The second-order valence-corrected chi connectivity index (χ2v) is 16.7. The molecule has 0 aliphatic heterocycles. The van der Waals surface area contributed by atoms with Gasteiger partial charge in [0, 0.05) is 78.2 Å². The highest BCUT2D eigenvalue weighted by molar-refractivity contribution is 8.09. The standard InChI is InChI=1S/C36H67N2O11PS.CH4/c1-6-20-45-23-9-12-30(39)15-16-31(33(40)13-10-24-46-21-7-2)37-35(42)18-17-32(34(41)14-11-25-47-22-8-3)38-36(43)19-26-48-27-28-49-50(44,51)29(4)5;/h29,31-32H,6-28H2,1-5H3,(H,37,42)(H,38,43)(H,44,51);1H4/p-1. The molecule has 0 heterocycles. The second kappa shape index (κ2) is 33.9. The number of hydrogen-bond acceptors (Lipinski definition) is 12. The van der Waals surface area contributed by atoms with Gasteiger partial charge in [-0.1, -0.05) is 53.9 Å². The number of nitrogens with one attached hydrogen (secondary N) is 2. The van der Waals surface area contributed by atoms with Crippen molar-refractivity contribution in [3.8, 4) is 0 Å². The van der Waals surface area contributed by atoms with E-state index < -0.39 is 30.4 Å². The van der Waals surface area contributed by atoms with E-state index in [2.05, 4.69) is 10.6 Å². The van der Waals surface area contributed by atoms with E-state index in [0.717, 1.165) is 19.3 Å².